The van der Waals surface area contributed by atoms with Gasteiger partial charge in [-0.3, -0.25) is 19.9 Å². The van der Waals surface area contributed by atoms with Crippen LogP contribution in [0, 0.1) is 10.1 Å². The van der Waals surface area contributed by atoms with Crippen LogP contribution in [-0.4, -0.2) is 15.7 Å². The van der Waals surface area contributed by atoms with Gasteiger partial charge in [0.25, 0.3) is 5.69 Å². The second-order valence-corrected chi connectivity index (χ2v) is 5.69. The van der Waals surface area contributed by atoms with Gasteiger partial charge in [-0.05, 0) is 24.3 Å². The molecule has 0 radical (unpaired) electrons. The van der Waals surface area contributed by atoms with Gasteiger partial charge >= 0.3 is 0 Å². The van der Waals surface area contributed by atoms with Crippen molar-refractivity contribution in [2.45, 2.75) is 6.61 Å². The number of para-hydroxylation sites is 1. The standard InChI is InChI=1S/C21H16N2O4/c24-20(18-7-3-8-19(13-18)23(25)26)11-10-17-6-1-2-9-21(17)27-15-16-5-4-12-22-14-16/h1-14H,15H2/b11-10+. The Bertz CT molecular complexity index is 984. The first-order chi connectivity index (χ1) is 13.1. The van der Waals surface area contributed by atoms with Crippen LogP contribution < -0.4 is 4.74 Å². The van der Waals surface area contributed by atoms with E-state index in [-0.39, 0.29) is 17.0 Å². The van der Waals surface area contributed by atoms with Gasteiger partial charge in [-0.15, -0.1) is 0 Å². The first kappa shape index (κ1) is 18.0. The van der Waals surface area contributed by atoms with Crippen molar-refractivity contribution >= 4 is 17.5 Å². The smallest absolute Gasteiger partial charge is 0.270 e. The molecule has 0 bridgehead atoms. The SMILES string of the molecule is O=C(/C=C/c1ccccc1OCc1cccnc1)c1cccc([N+](=O)[O-])c1. The lowest BCUT2D eigenvalue weighted by molar-refractivity contribution is -0.384. The summed E-state index contributed by atoms with van der Waals surface area (Å²) in [7, 11) is 0. The number of carbonyl (C=O) groups is 1. The van der Waals surface area contributed by atoms with Crippen molar-refractivity contribution in [1.82, 2.24) is 4.98 Å². The number of allylic oxidation sites excluding steroid dienone is 1. The number of hydrogen-bond donors (Lipinski definition) is 0. The number of non-ortho nitro benzene ring substituents is 1. The number of aromatic nitrogens is 1. The summed E-state index contributed by atoms with van der Waals surface area (Å²) in [5.41, 5.74) is 1.81. The third kappa shape index (κ3) is 4.85. The maximum atomic E-state index is 12.3. The number of nitro benzene ring substituents is 1. The Kier molecular flexibility index (Phi) is 5.69. The average Bonchev–Trinajstić information content (AvgIpc) is 2.72. The Balaban J connectivity index is 1.74. The molecule has 0 saturated carbocycles. The van der Waals surface area contributed by atoms with Gasteiger partial charge in [-0.1, -0.05) is 36.4 Å². The van der Waals surface area contributed by atoms with E-state index >= 15 is 0 Å². The number of ketones is 1. The Morgan fingerprint density at radius 1 is 1.11 bits per heavy atom. The normalized spacial score (nSPS) is 10.7. The van der Waals surface area contributed by atoms with E-state index in [1.54, 1.807) is 24.5 Å². The highest BCUT2D eigenvalue weighted by Crippen LogP contribution is 2.21. The van der Waals surface area contributed by atoms with Crippen LogP contribution in [0.1, 0.15) is 21.5 Å². The van der Waals surface area contributed by atoms with Gasteiger partial charge < -0.3 is 4.74 Å². The summed E-state index contributed by atoms with van der Waals surface area (Å²) < 4.78 is 5.82. The van der Waals surface area contributed by atoms with Crippen LogP contribution >= 0.6 is 0 Å². The number of hydrogen-bond acceptors (Lipinski definition) is 5. The van der Waals surface area contributed by atoms with E-state index in [9.17, 15) is 14.9 Å². The van der Waals surface area contributed by atoms with Crippen LogP contribution in [0.5, 0.6) is 5.75 Å². The fraction of sp³-hybridized carbons (Fsp3) is 0.0476. The molecular formula is C21H16N2O4. The van der Waals surface area contributed by atoms with Crippen molar-refractivity contribution < 1.29 is 14.5 Å². The number of benzene rings is 2. The molecule has 6 nitrogen and oxygen atoms in total. The summed E-state index contributed by atoms with van der Waals surface area (Å²) in [5.74, 6) is 0.310. The molecule has 1 heterocycles. The van der Waals surface area contributed by atoms with Gasteiger partial charge in [0.05, 0.1) is 4.92 Å². The maximum Gasteiger partial charge on any atom is 0.270 e. The molecule has 0 fully saturated rings. The van der Waals surface area contributed by atoms with Crippen LogP contribution in [-0.2, 0) is 6.61 Å². The summed E-state index contributed by atoms with van der Waals surface area (Å²) in [6.45, 7) is 0.359. The molecule has 27 heavy (non-hydrogen) atoms. The lowest BCUT2D eigenvalue weighted by Crippen LogP contribution is -1.98. The first-order valence-electron chi connectivity index (χ1n) is 8.21. The van der Waals surface area contributed by atoms with Crippen molar-refractivity contribution in [3.05, 3.63) is 106 Å². The number of rotatable bonds is 7. The highest BCUT2D eigenvalue weighted by atomic mass is 16.6. The molecule has 0 aliphatic heterocycles. The molecule has 0 amide bonds. The van der Waals surface area contributed by atoms with E-state index in [2.05, 4.69) is 4.98 Å². The zero-order chi connectivity index (χ0) is 19.1. The predicted molar refractivity (Wildman–Crippen MR) is 101 cm³/mol. The Labute approximate surface area is 155 Å². The molecule has 134 valence electrons. The van der Waals surface area contributed by atoms with Crippen LogP contribution in [0.4, 0.5) is 5.69 Å². The van der Waals surface area contributed by atoms with E-state index in [1.807, 2.05) is 36.4 Å². The van der Waals surface area contributed by atoms with Crippen LogP contribution in [0.2, 0.25) is 0 Å². The van der Waals surface area contributed by atoms with Gasteiger partial charge in [0, 0.05) is 41.2 Å². The van der Waals surface area contributed by atoms with Gasteiger partial charge in [0.1, 0.15) is 12.4 Å². The number of pyridine rings is 1. The summed E-state index contributed by atoms with van der Waals surface area (Å²) in [5, 5.41) is 10.8. The summed E-state index contributed by atoms with van der Waals surface area (Å²) in [4.78, 5) is 26.7. The molecule has 0 aliphatic carbocycles. The molecule has 0 saturated heterocycles. The highest BCUT2D eigenvalue weighted by molar-refractivity contribution is 6.07. The fourth-order valence-corrected chi connectivity index (χ4v) is 2.43. The van der Waals surface area contributed by atoms with E-state index in [1.165, 1.54) is 24.3 Å². The first-order valence-corrected chi connectivity index (χ1v) is 8.21. The van der Waals surface area contributed by atoms with Crippen molar-refractivity contribution in [1.29, 1.82) is 0 Å². The minimum atomic E-state index is -0.526. The number of nitrogens with zero attached hydrogens (tertiary/aromatic N) is 2. The van der Waals surface area contributed by atoms with Crippen molar-refractivity contribution in [2.24, 2.45) is 0 Å². The van der Waals surface area contributed by atoms with Gasteiger partial charge in [-0.25, -0.2) is 0 Å². The molecule has 3 rings (SSSR count). The number of nitro groups is 1. The zero-order valence-electron chi connectivity index (χ0n) is 14.3. The molecule has 0 unspecified atom stereocenters. The van der Waals surface area contributed by atoms with Gasteiger partial charge in [-0.2, -0.15) is 0 Å². The van der Waals surface area contributed by atoms with Crippen molar-refractivity contribution in [3.63, 3.8) is 0 Å². The van der Waals surface area contributed by atoms with Crippen LogP contribution in [0.3, 0.4) is 0 Å². The average molecular weight is 360 g/mol. The number of carbonyl (C=O) groups excluding carboxylic acids is 1. The molecular weight excluding hydrogens is 344 g/mol. The van der Waals surface area contributed by atoms with Crippen LogP contribution in [0.15, 0.2) is 79.1 Å². The van der Waals surface area contributed by atoms with Crippen molar-refractivity contribution in [3.8, 4) is 5.75 Å². The predicted octanol–water partition coefficient (Wildman–Crippen LogP) is 4.46. The van der Waals surface area contributed by atoms with E-state index in [0.29, 0.717) is 12.4 Å². The minimum Gasteiger partial charge on any atom is -0.488 e. The largest absolute Gasteiger partial charge is 0.488 e. The maximum absolute atomic E-state index is 12.3. The zero-order valence-corrected chi connectivity index (χ0v) is 14.3. The lowest BCUT2D eigenvalue weighted by Gasteiger charge is -2.09. The second kappa shape index (κ2) is 8.53. The highest BCUT2D eigenvalue weighted by Gasteiger charge is 2.09. The van der Waals surface area contributed by atoms with E-state index in [0.717, 1.165) is 11.1 Å². The third-order valence-electron chi connectivity index (χ3n) is 3.79. The molecule has 0 spiro atoms. The van der Waals surface area contributed by atoms with E-state index < -0.39 is 4.92 Å². The molecule has 0 N–H and O–H groups in total. The molecule has 1 aromatic heterocycles. The third-order valence-corrected chi connectivity index (χ3v) is 3.79. The summed E-state index contributed by atoms with van der Waals surface area (Å²) in [6, 6.07) is 16.7. The quantitative estimate of drug-likeness (QED) is 0.269. The van der Waals surface area contributed by atoms with E-state index in [4.69, 9.17) is 4.74 Å². The van der Waals surface area contributed by atoms with Gasteiger partial charge in [0.2, 0.25) is 0 Å². The Hall–Kier alpha value is -3.80. The van der Waals surface area contributed by atoms with Crippen molar-refractivity contribution in [2.75, 3.05) is 0 Å². The molecule has 2 aromatic carbocycles. The van der Waals surface area contributed by atoms with Gasteiger partial charge in [0.15, 0.2) is 5.78 Å². The minimum absolute atomic E-state index is 0.116. The Morgan fingerprint density at radius 3 is 2.74 bits per heavy atom. The molecule has 0 atom stereocenters. The fourth-order valence-electron chi connectivity index (χ4n) is 2.43. The number of ether oxygens (including phenoxy) is 1. The summed E-state index contributed by atoms with van der Waals surface area (Å²) >= 11 is 0. The topological polar surface area (TPSA) is 82.3 Å². The second-order valence-electron chi connectivity index (χ2n) is 5.69. The summed E-state index contributed by atoms with van der Waals surface area (Å²) in [6.07, 6.45) is 6.44. The molecule has 0 aliphatic rings. The molecule has 6 heteroatoms. The van der Waals surface area contributed by atoms with Crippen LogP contribution in [0.25, 0.3) is 6.08 Å². The Morgan fingerprint density at radius 2 is 1.96 bits per heavy atom. The lowest BCUT2D eigenvalue weighted by atomic mass is 10.1. The molecule has 3 aromatic rings. The monoisotopic (exact) mass is 360 g/mol.